The second-order valence-corrected chi connectivity index (χ2v) is 13.1. The van der Waals surface area contributed by atoms with E-state index >= 15 is 4.39 Å². The molecule has 218 valence electrons. The zero-order valence-electron chi connectivity index (χ0n) is 24.2. The minimum atomic E-state index is -1.13. The number of aryl methyl sites for hydroxylation is 1. The number of carbonyl (C=O) groups excluding carboxylic acids is 3. The fraction of sp³-hybridized carbons (Fsp3) is 0.400. The molecule has 3 aromatic rings. The van der Waals surface area contributed by atoms with Gasteiger partial charge in [0, 0.05) is 34.7 Å². The summed E-state index contributed by atoms with van der Waals surface area (Å²) in [6.45, 7) is 5.68. The topological polar surface area (TPSA) is 75.3 Å². The molecular weight excluding hydrogens is 551 g/mol. The maximum absolute atomic E-state index is 16.0. The predicted octanol–water partition coefficient (Wildman–Crippen LogP) is 8.21. The van der Waals surface area contributed by atoms with E-state index in [4.69, 9.17) is 11.6 Å². The molecule has 2 amide bonds. The molecule has 1 heterocycles. The number of Topliss-reactive ketones (excluding diaryl/α,β-unsaturated/α-hetero) is 1. The number of fused-ring (bicyclic) bond motifs is 3. The van der Waals surface area contributed by atoms with Crippen molar-refractivity contribution in [1.82, 2.24) is 0 Å². The van der Waals surface area contributed by atoms with E-state index in [1.807, 2.05) is 39.0 Å². The summed E-state index contributed by atoms with van der Waals surface area (Å²) >= 11 is 6.34. The van der Waals surface area contributed by atoms with E-state index in [1.54, 1.807) is 36.4 Å². The molecule has 0 aromatic heterocycles. The highest BCUT2D eigenvalue weighted by Crippen LogP contribution is 2.71. The fourth-order valence-electron chi connectivity index (χ4n) is 8.18. The standard InChI is InChI=1S/C35H36ClFN2O3/c1-20(2)31(40)22-11-13-23(14-12-22)38-32(41)25-19-34(16-5-4-6-17-34)35(29(25)24-8-7-9-27(36)30(24)37)26-15-10-21(3)18-28(26)39-33(35)42/h7-15,18,20,25,29H,4-6,16-17,19H2,1-3H3,(H,38,41)(H,39,42)/t25-,29+,35-/m1/s1. The third-order valence-electron chi connectivity index (χ3n) is 9.95. The molecule has 0 unspecified atom stereocenters. The Morgan fingerprint density at radius 3 is 2.43 bits per heavy atom. The third kappa shape index (κ3) is 4.29. The number of carbonyl (C=O) groups is 3. The lowest BCUT2D eigenvalue weighted by Crippen LogP contribution is -2.51. The van der Waals surface area contributed by atoms with Crippen molar-refractivity contribution in [3.05, 3.63) is 93.8 Å². The van der Waals surface area contributed by atoms with Crippen LogP contribution in [0.4, 0.5) is 15.8 Å². The van der Waals surface area contributed by atoms with Gasteiger partial charge in [-0.2, -0.15) is 0 Å². The van der Waals surface area contributed by atoms with Crippen molar-refractivity contribution in [1.29, 1.82) is 0 Å². The van der Waals surface area contributed by atoms with E-state index in [0.717, 1.165) is 48.9 Å². The summed E-state index contributed by atoms with van der Waals surface area (Å²) in [5, 5.41) is 6.18. The number of hydrogen-bond donors (Lipinski definition) is 2. The molecular formula is C35H36ClFN2O3. The number of amides is 2. The van der Waals surface area contributed by atoms with Crippen LogP contribution in [-0.2, 0) is 15.0 Å². The van der Waals surface area contributed by atoms with Gasteiger partial charge in [-0.1, -0.05) is 69.0 Å². The van der Waals surface area contributed by atoms with Crippen LogP contribution in [-0.4, -0.2) is 17.6 Å². The summed E-state index contributed by atoms with van der Waals surface area (Å²) in [5.74, 6) is -2.57. The molecule has 2 saturated carbocycles. The van der Waals surface area contributed by atoms with E-state index in [1.165, 1.54) is 6.07 Å². The van der Waals surface area contributed by atoms with Crippen molar-refractivity contribution < 1.29 is 18.8 Å². The number of hydrogen-bond acceptors (Lipinski definition) is 3. The van der Waals surface area contributed by atoms with Crippen molar-refractivity contribution in [2.45, 2.75) is 70.6 Å². The first kappa shape index (κ1) is 28.6. The fourth-order valence-corrected chi connectivity index (χ4v) is 8.37. The van der Waals surface area contributed by atoms with Crippen LogP contribution in [0.25, 0.3) is 0 Å². The van der Waals surface area contributed by atoms with Gasteiger partial charge in [0.2, 0.25) is 11.8 Å². The van der Waals surface area contributed by atoms with Crippen LogP contribution in [0, 0.1) is 30.0 Å². The summed E-state index contributed by atoms with van der Waals surface area (Å²) in [6, 6.07) is 17.7. The largest absolute Gasteiger partial charge is 0.326 e. The maximum atomic E-state index is 16.0. The van der Waals surface area contributed by atoms with Crippen LogP contribution in [0.1, 0.15) is 85.3 Å². The maximum Gasteiger partial charge on any atom is 0.236 e. The molecule has 5 nitrogen and oxygen atoms in total. The van der Waals surface area contributed by atoms with E-state index in [-0.39, 0.29) is 28.5 Å². The highest BCUT2D eigenvalue weighted by atomic mass is 35.5. The van der Waals surface area contributed by atoms with Crippen LogP contribution < -0.4 is 10.6 Å². The monoisotopic (exact) mass is 586 g/mol. The van der Waals surface area contributed by atoms with Gasteiger partial charge in [-0.15, -0.1) is 0 Å². The summed E-state index contributed by atoms with van der Waals surface area (Å²) in [6.07, 6.45) is 4.97. The molecule has 3 aromatic carbocycles. The van der Waals surface area contributed by atoms with Crippen LogP contribution >= 0.6 is 11.6 Å². The minimum absolute atomic E-state index is 0.0284. The van der Waals surface area contributed by atoms with E-state index in [9.17, 15) is 14.4 Å². The van der Waals surface area contributed by atoms with Gasteiger partial charge in [0.1, 0.15) is 5.82 Å². The first-order valence-corrected chi connectivity index (χ1v) is 15.3. The first-order chi connectivity index (χ1) is 20.1. The Balaban J connectivity index is 1.50. The number of rotatable bonds is 5. The molecule has 0 bridgehead atoms. The SMILES string of the molecule is Cc1ccc2c(c1)NC(=O)[C@]21[C@@H](c2cccc(Cl)c2F)[C@H](C(=O)Nc2ccc(C(=O)C(C)C)cc2)CC12CCCCC2. The lowest BCUT2D eigenvalue weighted by Gasteiger charge is -2.47. The van der Waals surface area contributed by atoms with Crippen molar-refractivity contribution in [3.63, 3.8) is 0 Å². The number of ketones is 1. The van der Waals surface area contributed by atoms with Crippen molar-refractivity contribution in [2.24, 2.45) is 17.3 Å². The molecule has 3 atom stereocenters. The van der Waals surface area contributed by atoms with Crippen LogP contribution in [0.15, 0.2) is 60.7 Å². The van der Waals surface area contributed by atoms with Crippen LogP contribution in [0.3, 0.4) is 0 Å². The molecule has 3 aliphatic rings. The molecule has 0 radical (unpaired) electrons. The Kier molecular flexibility index (Phi) is 7.25. The average Bonchev–Trinajstić information content (AvgIpc) is 3.42. The first-order valence-electron chi connectivity index (χ1n) is 14.9. The van der Waals surface area contributed by atoms with Gasteiger partial charge in [0.25, 0.3) is 0 Å². The van der Waals surface area contributed by atoms with Gasteiger partial charge in [-0.25, -0.2) is 4.39 Å². The lowest BCUT2D eigenvalue weighted by molar-refractivity contribution is -0.126. The highest BCUT2D eigenvalue weighted by molar-refractivity contribution is 6.30. The van der Waals surface area contributed by atoms with E-state index in [0.29, 0.717) is 23.2 Å². The number of anilines is 2. The van der Waals surface area contributed by atoms with E-state index in [2.05, 4.69) is 10.6 Å². The molecule has 2 N–H and O–H groups in total. The van der Waals surface area contributed by atoms with Gasteiger partial charge >= 0.3 is 0 Å². The molecule has 7 heteroatoms. The summed E-state index contributed by atoms with van der Waals surface area (Å²) in [7, 11) is 0. The zero-order chi connectivity index (χ0) is 29.8. The van der Waals surface area contributed by atoms with Gasteiger partial charge in [-0.05, 0) is 84.7 Å². The van der Waals surface area contributed by atoms with E-state index < -0.39 is 28.5 Å². The van der Waals surface area contributed by atoms with Crippen LogP contribution in [0.5, 0.6) is 0 Å². The van der Waals surface area contributed by atoms with Crippen molar-refractivity contribution >= 4 is 40.6 Å². The number of nitrogens with one attached hydrogen (secondary N) is 2. The Morgan fingerprint density at radius 2 is 1.74 bits per heavy atom. The smallest absolute Gasteiger partial charge is 0.236 e. The Bertz CT molecular complexity index is 1580. The molecule has 1 aliphatic heterocycles. The Labute approximate surface area is 251 Å². The molecule has 0 saturated heterocycles. The van der Waals surface area contributed by atoms with Gasteiger partial charge in [0.15, 0.2) is 5.78 Å². The number of benzene rings is 3. The molecule has 2 fully saturated rings. The Morgan fingerprint density at radius 1 is 1.02 bits per heavy atom. The number of halogens is 2. The Hall–Kier alpha value is -3.51. The zero-order valence-corrected chi connectivity index (χ0v) is 25.0. The van der Waals surface area contributed by atoms with Crippen molar-refractivity contribution in [3.8, 4) is 0 Å². The van der Waals surface area contributed by atoms with Gasteiger partial charge < -0.3 is 10.6 Å². The minimum Gasteiger partial charge on any atom is -0.326 e. The van der Waals surface area contributed by atoms with Gasteiger partial charge in [0.05, 0.1) is 10.4 Å². The molecule has 42 heavy (non-hydrogen) atoms. The predicted molar refractivity (Wildman–Crippen MR) is 164 cm³/mol. The summed E-state index contributed by atoms with van der Waals surface area (Å²) in [5.41, 5.74) is 2.38. The molecule has 2 spiro atoms. The quantitative estimate of drug-likeness (QED) is 0.296. The second kappa shape index (κ2) is 10.6. The highest BCUT2D eigenvalue weighted by Gasteiger charge is 2.72. The third-order valence-corrected chi connectivity index (χ3v) is 10.2. The van der Waals surface area contributed by atoms with Crippen LogP contribution in [0.2, 0.25) is 5.02 Å². The molecule has 6 rings (SSSR count). The second-order valence-electron chi connectivity index (χ2n) is 12.7. The normalized spacial score (nSPS) is 24.2. The van der Waals surface area contributed by atoms with Crippen molar-refractivity contribution in [2.75, 3.05) is 10.6 Å². The summed E-state index contributed by atoms with van der Waals surface area (Å²) < 4.78 is 16.0. The van der Waals surface area contributed by atoms with Gasteiger partial charge in [-0.3, -0.25) is 14.4 Å². The summed E-state index contributed by atoms with van der Waals surface area (Å²) in [4.78, 5) is 41.2. The average molecular weight is 587 g/mol. The molecule has 2 aliphatic carbocycles. The lowest BCUT2D eigenvalue weighted by atomic mass is 9.53.